The lowest BCUT2D eigenvalue weighted by atomic mass is 9.62. The average Bonchev–Trinajstić information content (AvgIpc) is 3.36. The fourth-order valence-electron chi connectivity index (χ4n) is 6.80. The van der Waals surface area contributed by atoms with Crippen LogP contribution in [0.15, 0.2) is 25.3 Å². The third kappa shape index (κ3) is 4.87. The zero-order chi connectivity index (χ0) is 27.5. The Morgan fingerprint density at radius 3 is 2.57 bits per heavy atom. The lowest BCUT2D eigenvalue weighted by Crippen LogP contribution is -2.59. The minimum absolute atomic E-state index is 0.0664. The molecule has 37 heavy (non-hydrogen) atoms. The quantitative estimate of drug-likeness (QED) is 0.215. The lowest BCUT2D eigenvalue weighted by molar-refractivity contribution is -0.164. The van der Waals surface area contributed by atoms with Crippen LogP contribution in [0, 0.1) is 23.7 Å². The predicted molar refractivity (Wildman–Crippen MR) is 141 cm³/mol. The van der Waals surface area contributed by atoms with Crippen LogP contribution in [-0.4, -0.2) is 82.3 Å². The molecule has 8 nitrogen and oxygen atoms in total. The molecule has 2 bridgehead atoms. The largest absolute Gasteiger partial charge is 0.465 e. The summed E-state index contributed by atoms with van der Waals surface area (Å²) in [6.45, 7) is 18.2. The van der Waals surface area contributed by atoms with Crippen LogP contribution in [-0.2, 0) is 23.9 Å². The van der Waals surface area contributed by atoms with E-state index in [9.17, 15) is 19.5 Å². The van der Waals surface area contributed by atoms with E-state index in [4.69, 9.17) is 9.47 Å². The number of ether oxygens (including phenoxy) is 2. The molecule has 3 saturated heterocycles. The molecule has 3 rings (SSSR count). The van der Waals surface area contributed by atoms with Crippen LogP contribution >= 0.6 is 0 Å². The van der Waals surface area contributed by atoms with Gasteiger partial charge >= 0.3 is 5.97 Å². The molecule has 0 aromatic rings. The highest BCUT2D eigenvalue weighted by molar-refractivity contribution is 5.98. The maximum absolute atomic E-state index is 14.3. The number of esters is 1. The number of amides is 2. The van der Waals surface area contributed by atoms with Crippen molar-refractivity contribution in [3.8, 4) is 0 Å². The molecule has 3 unspecified atom stereocenters. The van der Waals surface area contributed by atoms with Gasteiger partial charge < -0.3 is 24.4 Å². The van der Waals surface area contributed by atoms with Crippen LogP contribution in [0.3, 0.4) is 0 Å². The summed E-state index contributed by atoms with van der Waals surface area (Å²) < 4.78 is 12.3. The summed E-state index contributed by atoms with van der Waals surface area (Å²) in [5.41, 5.74) is -2.08. The highest BCUT2D eigenvalue weighted by Crippen LogP contribution is 2.65. The number of fused-ring (bicyclic) bond motifs is 1. The number of likely N-dealkylation sites (tertiary alicyclic amines) is 1. The number of nitrogens with zero attached hydrogens (tertiary/aromatic N) is 2. The van der Waals surface area contributed by atoms with Gasteiger partial charge in [-0.15, -0.1) is 13.2 Å². The Bertz CT molecular complexity index is 890. The van der Waals surface area contributed by atoms with E-state index >= 15 is 0 Å². The first kappa shape index (κ1) is 29.4. The van der Waals surface area contributed by atoms with E-state index in [0.29, 0.717) is 25.9 Å². The van der Waals surface area contributed by atoms with Crippen LogP contribution in [0.5, 0.6) is 0 Å². The van der Waals surface area contributed by atoms with Crippen molar-refractivity contribution < 1.29 is 29.0 Å². The second kappa shape index (κ2) is 11.7. The van der Waals surface area contributed by atoms with Crippen LogP contribution in [0.2, 0.25) is 0 Å². The van der Waals surface area contributed by atoms with Crippen molar-refractivity contribution in [2.75, 3.05) is 26.3 Å². The predicted octanol–water partition coefficient (Wildman–Crippen LogP) is 3.34. The van der Waals surface area contributed by atoms with Gasteiger partial charge in [-0.05, 0) is 38.0 Å². The van der Waals surface area contributed by atoms with Gasteiger partial charge in [0.15, 0.2) is 0 Å². The zero-order valence-electron chi connectivity index (χ0n) is 23.3. The van der Waals surface area contributed by atoms with Gasteiger partial charge in [0.2, 0.25) is 11.8 Å². The standard InChI is InChI=1S/C29H46N2O6/c1-8-11-13-15-30(14-10-3)26(34)24-29-17-20(6)28(7,37-29)23(27(35)36-16-12-9-2)22(29)25(33)31(24)21(18-32)19(4)5/h9-10,19-24,32H,2-3,8,11-18H2,1,4-7H3/t20?,21-,22-,23-,24?,28+,29?/m0/s1. The van der Waals surface area contributed by atoms with Crippen LogP contribution in [0.1, 0.15) is 66.7 Å². The molecule has 3 heterocycles. The van der Waals surface area contributed by atoms with Crippen molar-refractivity contribution in [3.63, 3.8) is 0 Å². The van der Waals surface area contributed by atoms with E-state index in [0.717, 1.165) is 19.3 Å². The molecule has 8 heteroatoms. The monoisotopic (exact) mass is 518 g/mol. The van der Waals surface area contributed by atoms with Gasteiger partial charge in [0.05, 0.1) is 30.8 Å². The summed E-state index contributed by atoms with van der Waals surface area (Å²) in [5.74, 6) is -2.82. The van der Waals surface area contributed by atoms with E-state index in [1.807, 2.05) is 27.7 Å². The second-order valence-corrected chi connectivity index (χ2v) is 11.5. The maximum atomic E-state index is 14.3. The molecule has 208 valence electrons. The molecule has 1 spiro atoms. The van der Waals surface area contributed by atoms with Crippen LogP contribution < -0.4 is 0 Å². The van der Waals surface area contributed by atoms with Crippen molar-refractivity contribution in [2.24, 2.45) is 23.7 Å². The Labute approximate surface area is 222 Å². The fourth-order valence-corrected chi connectivity index (χ4v) is 6.80. The van der Waals surface area contributed by atoms with E-state index in [1.54, 1.807) is 22.0 Å². The van der Waals surface area contributed by atoms with Crippen molar-refractivity contribution in [1.29, 1.82) is 0 Å². The number of aliphatic hydroxyl groups excluding tert-OH is 1. The Morgan fingerprint density at radius 1 is 1.30 bits per heavy atom. The molecule has 7 atom stereocenters. The van der Waals surface area contributed by atoms with Crippen molar-refractivity contribution in [2.45, 2.75) is 90.0 Å². The molecule has 0 aliphatic carbocycles. The molecule has 2 amide bonds. The highest BCUT2D eigenvalue weighted by atomic mass is 16.6. The highest BCUT2D eigenvalue weighted by Gasteiger charge is 2.80. The topological polar surface area (TPSA) is 96.4 Å². The van der Waals surface area contributed by atoms with Crippen LogP contribution in [0.4, 0.5) is 0 Å². The molecule has 0 aromatic heterocycles. The van der Waals surface area contributed by atoms with E-state index < -0.39 is 41.1 Å². The summed E-state index contributed by atoms with van der Waals surface area (Å²) in [5, 5.41) is 10.4. The summed E-state index contributed by atoms with van der Waals surface area (Å²) in [7, 11) is 0. The molecule has 3 fully saturated rings. The van der Waals surface area contributed by atoms with Gasteiger partial charge in [-0.25, -0.2) is 0 Å². The zero-order valence-corrected chi connectivity index (χ0v) is 23.3. The third-order valence-electron chi connectivity index (χ3n) is 8.81. The Kier molecular flexibility index (Phi) is 9.27. The van der Waals surface area contributed by atoms with Gasteiger partial charge in [-0.2, -0.15) is 0 Å². The first-order valence-electron chi connectivity index (χ1n) is 13.9. The number of carbonyl (C=O) groups excluding carboxylic acids is 3. The van der Waals surface area contributed by atoms with Gasteiger partial charge in [-0.3, -0.25) is 14.4 Å². The minimum Gasteiger partial charge on any atom is -0.465 e. The number of aliphatic hydroxyl groups is 1. The first-order chi connectivity index (χ1) is 17.5. The number of unbranched alkanes of at least 4 members (excludes halogenated alkanes) is 2. The molecule has 0 aromatic carbocycles. The third-order valence-corrected chi connectivity index (χ3v) is 8.81. The van der Waals surface area contributed by atoms with Gasteiger partial charge in [0.1, 0.15) is 17.6 Å². The molecule has 0 saturated carbocycles. The summed E-state index contributed by atoms with van der Waals surface area (Å²) in [6, 6.07) is -1.51. The van der Waals surface area contributed by atoms with E-state index in [-0.39, 0.29) is 36.9 Å². The van der Waals surface area contributed by atoms with Crippen molar-refractivity contribution in [3.05, 3.63) is 25.3 Å². The number of rotatable bonds is 14. The minimum atomic E-state index is -1.16. The number of carbonyl (C=O) groups is 3. The van der Waals surface area contributed by atoms with Crippen molar-refractivity contribution in [1.82, 2.24) is 9.80 Å². The van der Waals surface area contributed by atoms with Crippen LogP contribution in [0.25, 0.3) is 0 Å². The van der Waals surface area contributed by atoms with Gasteiger partial charge in [0, 0.05) is 13.1 Å². The molecule has 1 N–H and O–H groups in total. The normalized spacial score (nSPS) is 32.9. The number of hydrogen-bond donors (Lipinski definition) is 1. The smallest absolute Gasteiger partial charge is 0.312 e. The van der Waals surface area contributed by atoms with Gasteiger partial charge in [0.25, 0.3) is 0 Å². The molecular formula is C29H46N2O6. The lowest BCUT2D eigenvalue weighted by Gasteiger charge is -2.40. The van der Waals surface area contributed by atoms with E-state index in [1.165, 1.54) is 0 Å². The summed E-state index contributed by atoms with van der Waals surface area (Å²) >= 11 is 0. The fraction of sp³-hybridized carbons (Fsp3) is 0.759. The molecular weight excluding hydrogens is 472 g/mol. The number of hydrogen-bond acceptors (Lipinski definition) is 6. The Morgan fingerprint density at radius 2 is 2.00 bits per heavy atom. The molecule has 0 radical (unpaired) electrons. The summed E-state index contributed by atoms with van der Waals surface area (Å²) in [4.78, 5) is 45.3. The maximum Gasteiger partial charge on any atom is 0.312 e. The first-order valence-corrected chi connectivity index (χ1v) is 13.9. The Balaban J connectivity index is 2.10. The summed E-state index contributed by atoms with van der Waals surface area (Å²) in [6.07, 6.45) is 7.21. The Hall–Kier alpha value is -2.19. The second-order valence-electron chi connectivity index (χ2n) is 11.5. The van der Waals surface area contributed by atoms with Crippen molar-refractivity contribution >= 4 is 17.8 Å². The molecule has 3 aliphatic rings. The average molecular weight is 519 g/mol. The van der Waals surface area contributed by atoms with Gasteiger partial charge in [-0.1, -0.05) is 52.7 Å². The molecule has 3 aliphatic heterocycles. The SMILES string of the molecule is C=CCCOC(=O)[C@@H]1[C@H]2C(=O)N([C@@H](CO)C(C)C)C(C(=O)N(CC=C)CCCCC)C23CC(C)[C@@]1(C)O3. The van der Waals surface area contributed by atoms with E-state index in [2.05, 4.69) is 20.1 Å².